The number of alkyl halides is 3. The number of halogens is 4. The number of allylic oxidation sites excluding steroid dienone is 3. The number of carbonyl (C=O) groups is 1. The molecule has 28 heavy (non-hydrogen) atoms. The van der Waals surface area contributed by atoms with E-state index in [0.717, 1.165) is 22.7 Å². The van der Waals surface area contributed by atoms with Gasteiger partial charge in [0.25, 0.3) is 5.91 Å². The Morgan fingerprint density at radius 1 is 1.36 bits per heavy atom. The van der Waals surface area contributed by atoms with E-state index in [0.29, 0.717) is 18.9 Å². The molecule has 1 N–H and O–H groups in total. The molecule has 148 valence electrons. The monoisotopic (exact) mass is 409 g/mol. The molecular weight excluding hydrogens is 391 g/mol. The van der Waals surface area contributed by atoms with Gasteiger partial charge in [-0.3, -0.25) is 4.79 Å². The van der Waals surface area contributed by atoms with Crippen LogP contribution in [0.3, 0.4) is 0 Å². The van der Waals surface area contributed by atoms with Gasteiger partial charge in [-0.2, -0.15) is 18.3 Å². The van der Waals surface area contributed by atoms with Crippen molar-refractivity contribution in [3.05, 3.63) is 70.5 Å². The largest absolute Gasteiger partial charge is 0.435 e. The number of hydrogen-bond donors (Lipinski definition) is 1. The van der Waals surface area contributed by atoms with E-state index in [1.165, 1.54) is 12.1 Å². The second kappa shape index (κ2) is 8.22. The van der Waals surface area contributed by atoms with Crippen molar-refractivity contribution >= 4 is 17.5 Å². The van der Waals surface area contributed by atoms with E-state index in [2.05, 4.69) is 29.5 Å². The summed E-state index contributed by atoms with van der Waals surface area (Å²) in [5.74, 6) is -0.152. The quantitative estimate of drug-likeness (QED) is 0.739. The second-order valence-corrected chi connectivity index (χ2v) is 7.04. The SMILES string of the molecule is CC1C=CC(CCNC(=O)c2cc(C(F)(F)F)nn2-c2ccccc2Cl)=CC1. The molecule has 1 aliphatic rings. The zero-order valence-electron chi connectivity index (χ0n) is 15.1. The fourth-order valence-corrected chi connectivity index (χ4v) is 3.07. The van der Waals surface area contributed by atoms with Gasteiger partial charge in [0.05, 0.1) is 10.7 Å². The topological polar surface area (TPSA) is 46.9 Å². The maximum atomic E-state index is 13.1. The number of aromatic nitrogens is 2. The van der Waals surface area contributed by atoms with Crippen molar-refractivity contribution in [2.24, 2.45) is 5.92 Å². The van der Waals surface area contributed by atoms with Crippen LogP contribution in [0.4, 0.5) is 13.2 Å². The Morgan fingerprint density at radius 2 is 2.11 bits per heavy atom. The van der Waals surface area contributed by atoms with Crippen molar-refractivity contribution < 1.29 is 18.0 Å². The Balaban J connectivity index is 1.80. The van der Waals surface area contributed by atoms with E-state index in [4.69, 9.17) is 11.6 Å². The lowest BCUT2D eigenvalue weighted by atomic mass is 9.97. The normalized spacial score (nSPS) is 16.8. The molecule has 1 aliphatic carbocycles. The second-order valence-electron chi connectivity index (χ2n) is 6.63. The number of nitrogens with zero attached hydrogens (tertiary/aromatic N) is 2. The minimum Gasteiger partial charge on any atom is -0.350 e. The number of hydrogen-bond acceptors (Lipinski definition) is 2. The Kier molecular flexibility index (Phi) is 5.93. The van der Waals surface area contributed by atoms with E-state index in [9.17, 15) is 18.0 Å². The lowest BCUT2D eigenvalue weighted by Crippen LogP contribution is -2.27. The maximum Gasteiger partial charge on any atom is 0.435 e. The Labute approximate surface area is 165 Å². The summed E-state index contributed by atoms with van der Waals surface area (Å²) in [6.07, 6.45) is 3.08. The van der Waals surface area contributed by atoms with Gasteiger partial charge in [0, 0.05) is 12.6 Å². The van der Waals surface area contributed by atoms with E-state index in [1.807, 2.05) is 6.08 Å². The zero-order chi connectivity index (χ0) is 20.3. The molecule has 0 fully saturated rings. The van der Waals surface area contributed by atoms with Gasteiger partial charge in [-0.05, 0) is 30.9 Å². The van der Waals surface area contributed by atoms with Gasteiger partial charge >= 0.3 is 6.18 Å². The van der Waals surface area contributed by atoms with E-state index in [-0.39, 0.29) is 16.4 Å². The van der Waals surface area contributed by atoms with E-state index in [1.54, 1.807) is 12.1 Å². The predicted octanol–water partition coefficient (Wildman–Crippen LogP) is 5.19. The molecule has 1 atom stereocenters. The number of carbonyl (C=O) groups excluding carboxylic acids is 1. The van der Waals surface area contributed by atoms with Crippen LogP contribution in [0.5, 0.6) is 0 Å². The molecule has 8 heteroatoms. The molecule has 1 aromatic heterocycles. The molecule has 2 aromatic rings. The van der Waals surface area contributed by atoms with Crippen molar-refractivity contribution in [3.8, 4) is 5.69 Å². The van der Waals surface area contributed by atoms with Gasteiger partial charge < -0.3 is 5.32 Å². The molecule has 0 aliphatic heterocycles. The Morgan fingerprint density at radius 3 is 2.75 bits per heavy atom. The summed E-state index contributed by atoms with van der Waals surface area (Å²) < 4.78 is 40.3. The summed E-state index contributed by atoms with van der Waals surface area (Å²) in [6, 6.07) is 7.02. The Bertz CT molecular complexity index is 931. The van der Waals surface area contributed by atoms with Gasteiger partial charge in [-0.15, -0.1) is 0 Å². The van der Waals surface area contributed by atoms with Crippen LogP contribution in [0.15, 0.2) is 54.1 Å². The third-order valence-corrected chi connectivity index (χ3v) is 4.72. The molecule has 0 bridgehead atoms. The summed E-state index contributed by atoms with van der Waals surface area (Å²) in [4.78, 5) is 12.6. The van der Waals surface area contributed by atoms with Crippen LogP contribution in [0.2, 0.25) is 5.02 Å². The molecule has 0 saturated heterocycles. The molecule has 0 spiro atoms. The molecule has 1 amide bonds. The minimum atomic E-state index is -4.67. The molecule has 1 aromatic carbocycles. The first kappa shape index (κ1) is 20.2. The summed E-state index contributed by atoms with van der Waals surface area (Å²) in [5.41, 5.74) is -0.0718. The number of rotatable bonds is 5. The molecule has 1 unspecified atom stereocenters. The minimum absolute atomic E-state index is 0.194. The molecule has 0 radical (unpaired) electrons. The van der Waals surface area contributed by atoms with E-state index < -0.39 is 17.8 Å². The number of amides is 1. The van der Waals surface area contributed by atoms with Crippen LogP contribution in [-0.4, -0.2) is 22.2 Å². The van der Waals surface area contributed by atoms with Gasteiger partial charge in [0.15, 0.2) is 5.69 Å². The van der Waals surface area contributed by atoms with Crippen LogP contribution >= 0.6 is 11.6 Å². The Hall–Kier alpha value is -2.54. The number of nitrogens with one attached hydrogen (secondary N) is 1. The van der Waals surface area contributed by atoms with Crippen molar-refractivity contribution in [2.75, 3.05) is 6.54 Å². The lowest BCUT2D eigenvalue weighted by molar-refractivity contribution is -0.141. The summed E-state index contributed by atoms with van der Waals surface area (Å²) in [6.45, 7) is 2.41. The lowest BCUT2D eigenvalue weighted by Gasteiger charge is -2.13. The fourth-order valence-electron chi connectivity index (χ4n) is 2.86. The number of benzene rings is 1. The molecular formula is C20H19ClF3N3O. The summed E-state index contributed by atoms with van der Waals surface area (Å²) in [5, 5.41) is 6.43. The van der Waals surface area contributed by atoms with Crippen LogP contribution < -0.4 is 5.32 Å². The molecule has 0 saturated carbocycles. The average Bonchev–Trinajstić information content (AvgIpc) is 3.09. The van der Waals surface area contributed by atoms with E-state index >= 15 is 0 Å². The van der Waals surface area contributed by atoms with Crippen LogP contribution in [-0.2, 0) is 6.18 Å². The van der Waals surface area contributed by atoms with Crippen molar-refractivity contribution in [2.45, 2.75) is 25.9 Å². The predicted molar refractivity (Wildman–Crippen MR) is 102 cm³/mol. The van der Waals surface area contributed by atoms with Gasteiger partial charge in [-0.1, -0.05) is 54.5 Å². The highest BCUT2D eigenvalue weighted by Gasteiger charge is 2.36. The zero-order valence-corrected chi connectivity index (χ0v) is 15.9. The standard InChI is InChI=1S/C20H19ClF3N3O/c1-13-6-8-14(9-7-13)10-11-25-19(28)17-12-18(20(22,23)24)26-27(17)16-5-3-2-4-15(16)21/h2-6,8-9,12-13H,7,10-11H2,1H3,(H,25,28). The third-order valence-electron chi connectivity index (χ3n) is 4.40. The van der Waals surface area contributed by atoms with Crippen molar-refractivity contribution in [3.63, 3.8) is 0 Å². The van der Waals surface area contributed by atoms with Crippen LogP contribution in [0.25, 0.3) is 5.69 Å². The highest BCUT2D eigenvalue weighted by atomic mass is 35.5. The maximum absolute atomic E-state index is 13.1. The smallest absolute Gasteiger partial charge is 0.350 e. The average molecular weight is 410 g/mol. The van der Waals surface area contributed by atoms with Crippen molar-refractivity contribution in [1.82, 2.24) is 15.1 Å². The summed E-state index contributed by atoms with van der Waals surface area (Å²) in [7, 11) is 0. The van der Waals surface area contributed by atoms with Crippen LogP contribution in [0.1, 0.15) is 35.9 Å². The van der Waals surface area contributed by atoms with Gasteiger partial charge in [-0.25, -0.2) is 4.68 Å². The number of para-hydroxylation sites is 1. The third kappa shape index (κ3) is 4.65. The first-order chi connectivity index (χ1) is 13.3. The molecule has 4 nitrogen and oxygen atoms in total. The first-order valence-corrected chi connectivity index (χ1v) is 9.21. The van der Waals surface area contributed by atoms with Gasteiger partial charge in [0.2, 0.25) is 0 Å². The van der Waals surface area contributed by atoms with Crippen molar-refractivity contribution in [1.29, 1.82) is 0 Å². The summed E-state index contributed by atoms with van der Waals surface area (Å²) >= 11 is 6.09. The fraction of sp³-hybridized carbons (Fsp3) is 0.300. The van der Waals surface area contributed by atoms with Crippen LogP contribution in [0, 0.1) is 5.92 Å². The first-order valence-electron chi connectivity index (χ1n) is 8.83. The highest BCUT2D eigenvalue weighted by Crippen LogP contribution is 2.31. The molecule has 1 heterocycles. The molecule has 3 rings (SSSR count). The van der Waals surface area contributed by atoms with Gasteiger partial charge in [0.1, 0.15) is 5.69 Å². The highest BCUT2D eigenvalue weighted by molar-refractivity contribution is 6.32.